The van der Waals surface area contributed by atoms with Crippen molar-refractivity contribution in [1.82, 2.24) is 5.32 Å². The summed E-state index contributed by atoms with van der Waals surface area (Å²) in [5.41, 5.74) is 8.05. The SMILES string of the molecule is Cc1cc(N)cc(C(=O)NCC2CC=CCC2)c1. The van der Waals surface area contributed by atoms with Gasteiger partial charge >= 0.3 is 0 Å². The van der Waals surface area contributed by atoms with Crippen molar-refractivity contribution in [3.8, 4) is 0 Å². The van der Waals surface area contributed by atoms with Gasteiger partial charge in [0.1, 0.15) is 0 Å². The number of aryl methyl sites for hydroxylation is 1. The molecule has 18 heavy (non-hydrogen) atoms. The Bertz CT molecular complexity index is 445. The van der Waals surface area contributed by atoms with Gasteiger partial charge in [0, 0.05) is 17.8 Å². The summed E-state index contributed by atoms with van der Waals surface area (Å²) in [4.78, 5) is 12.0. The van der Waals surface area contributed by atoms with E-state index in [0.29, 0.717) is 17.2 Å². The summed E-state index contributed by atoms with van der Waals surface area (Å²) < 4.78 is 0. The van der Waals surface area contributed by atoms with E-state index in [1.54, 1.807) is 6.07 Å². The molecule has 0 spiro atoms. The molecular formula is C15H20N2O. The summed E-state index contributed by atoms with van der Waals surface area (Å²) in [5.74, 6) is 0.543. The third kappa shape index (κ3) is 3.36. The summed E-state index contributed by atoms with van der Waals surface area (Å²) in [6.45, 7) is 2.69. The number of nitrogens with two attached hydrogens (primary N) is 1. The molecule has 1 aliphatic rings. The predicted octanol–water partition coefficient (Wildman–Crippen LogP) is 2.66. The molecule has 1 aliphatic carbocycles. The zero-order valence-electron chi connectivity index (χ0n) is 10.8. The average molecular weight is 244 g/mol. The molecule has 1 unspecified atom stereocenters. The van der Waals surface area contributed by atoms with Crippen LogP contribution in [0.15, 0.2) is 30.4 Å². The van der Waals surface area contributed by atoms with Gasteiger partial charge < -0.3 is 11.1 Å². The number of amides is 1. The van der Waals surface area contributed by atoms with Crippen molar-refractivity contribution in [1.29, 1.82) is 0 Å². The quantitative estimate of drug-likeness (QED) is 0.634. The minimum absolute atomic E-state index is 0.0278. The van der Waals surface area contributed by atoms with Crippen LogP contribution >= 0.6 is 0 Å². The van der Waals surface area contributed by atoms with Crippen LogP contribution in [0.1, 0.15) is 35.2 Å². The van der Waals surface area contributed by atoms with E-state index in [1.807, 2.05) is 19.1 Å². The lowest BCUT2D eigenvalue weighted by atomic mass is 9.94. The van der Waals surface area contributed by atoms with Gasteiger partial charge in [-0.25, -0.2) is 0 Å². The van der Waals surface area contributed by atoms with Crippen molar-refractivity contribution in [2.24, 2.45) is 5.92 Å². The maximum atomic E-state index is 12.0. The second kappa shape index (κ2) is 5.71. The summed E-state index contributed by atoms with van der Waals surface area (Å²) in [7, 11) is 0. The van der Waals surface area contributed by atoms with E-state index in [9.17, 15) is 4.79 Å². The van der Waals surface area contributed by atoms with Crippen LogP contribution in [0, 0.1) is 12.8 Å². The number of hydrogen-bond donors (Lipinski definition) is 2. The topological polar surface area (TPSA) is 55.1 Å². The Morgan fingerprint density at radius 3 is 2.89 bits per heavy atom. The van der Waals surface area contributed by atoms with Gasteiger partial charge in [-0.05, 0) is 55.9 Å². The predicted molar refractivity (Wildman–Crippen MR) is 74.4 cm³/mol. The normalized spacial score (nSPS) is 18.6. The molecule has 3 heteroatoms. The molecule has 1 atom stereocenters. The Hall–Kier alpha value is -1.77. The number of hydrogen-bond acceptors (Lipinski definition) is 2. The zero-order valence-corrected chi connectivity index (χ0v) is 10.8. The van der Waals surface area contributed by atoms with E-state index in [4.69, 9.17) is 5.73 Å². The van der Waals surface area contributed by atoms with Gasteiger partial charge in [-0.2, -0.15) is 0 Å². The average Bonchev–Trinajstić information content (AvgIpc) is 2.36. The first-order valence-electron chi connectivity index (χ1n) is 6.45. The first-order valence-corrected chi connectivity index (χ1v) is 6.45. The Morgan fingerprint density at radius 1 is 1.39 bits per heavy atom. The monoisotopic (exact) mass is 244 g/mol. The second-order valence-electron chi connectivity index (χ2n) is 4.99. The zero-order chi connectivity index (χ0) is 13.0. The molecule has 0 saturated carbocycles. The lowest BCUT2D eigenvalue weighted by Crippen LogP contribution is -2.29. The smallest absolute Gasteiger partial charge is 0.251 e. The number of anilines is 1. The lowest BCUT2D eigenvalue weighted by molar-refractivity contribution is 0.0946. The number of nitrogens with one attached hydrogen (secondary N) is 1. The lowest BCUT2D eigenvalue weighted by Gasteiger charge is -2.18. The van der Waals surface area contributed by atoms with Crippen molar-refractivity contribution in [2.75, 3.05) is 12.3 Å². The largest absolute Gasteiger partial charge is 0.399 e. The van der Waals surface area contributed by atoms with E-state index >= 15 is 0 Å². The van der Waals surface area contributed by atoms with Crippen LogP contribution < -0.4 is 11.1 Å². The molecule has 1 aromatic carbocycles. The summed E-state index contributed by atoms with van der Waals surface area (Å²) in [6.07, 6.45) is 7.76. The molecule has 0 aliphatic heterocycles. The molecule has 3 nitrogen and oxygen atoms in total. The van der Waals surface area contributed by atoms with Gasteiger partial charge in [-0.1, -0.05) is 12.2 Å². The number of carbonyl (C=O) groups is 1. The molecule has 0 radical (unpaired) electrons. The molecule has 1 amide bonds. The standard InChI is InChI=1S/C15H20N2O/c1-11-7-13(9-14(16)8-11)15(18)17-10-12-5-3-2-4-6-12/h2-3,7-9,12H,4-6,10,16H2,1H3,(H,17,18). The third-order valence-corrected chi connectivity index (χ3v) is 3.29. The summed E-state index contributed by atoms with van der Waals surface area (Å²) >= 11 is 0. The molecule has 0 fully saturated rings. The Labute approximate surface area is 108 Å². The van der Waals surface area contributed by atoms with Gasteiger partial charge in [-0.15, -0.1) is 0 Å². The molecule has 0 aromatic heterocycles. The van der Waals surface area contributed by atoms with Crippen LogP contribution in [0.2, 0.25) is 0 Å². The van der Waals surface area contributed by atoms with Gasteiger partial charge in [-0.3, -0.25) is 4.79 Å². The van der Waals surface area contributed by atoms with E-state index in [1.165, 1.54) is 0 Å². The van der Waals surface area contributed by atoms with Crippen LogP contribution in [-0.2, 0) is 0 Å². The number of carbonyl (C=O) groups excluding carboxylic acids is 1. The van der Waals surface area contributed by atoms with Gasteiger partial charge in [0.2, 0.25) is 0 Å². The fourth-order valence-electron chi connectivity index (χ4n) is 2.32. The van der Waals surface area contributed by atoms with Gasteiger partial charge in [0.15, 0.2) is 0 Å². The van der Waals surface area contributed by atoms with Crippen LogP contribution in [0.5, 0.6) is 0 Å². The minimum atomic E-state index is -0.0278. The van der Waals surface area contributed by atoms with E-state index < -0.39 is 0 Å². The fourth-order valence-corrected chi connectivity index (χ4v) is 2.32. The molecule has 0 heterocycles. The Balaban J connectivity index is 1.92. The molecule has 3 N–H and O–H groups in total. The molecule has 0 saturated heterocycles. The first kappa shape index (κ1) is 12.7. The van der Waals surface area contributed by atoms with Crippen molar-refractivity contribution in [3.05, 3.63) is 41.5 Å². The number of nitrogen functional groups attached to an aromatic ring is 1. The summed E-state index contributed by atoms with van der Waals surface area (Å²) in [6, 6.07) is 5.46. The molecule has 2 rings (SSSR count). The highest BCUT2D eigenvalue weighted by atomic mass is 16.1. The highest BCUT2D eigenvalue weighted by Crippen LogP contribution is 2.17. The van der Waals surface area contributed by atoms with Crippen LogP contribution in [0.3, 0.4) is 0 Å². The second-order valence-corrected chi connectivity index (χ2v) is 4.99. The maximum absolute atomic E-state index is 12.0. The van der Waals surface area contributed by atoms with Gasteiger partial charge in [0.25, 0.3) is 5.91 Å². The first-order chi connectivity index (χ1) is 8.65. The highest BCUT2D eigenvalue weighted by Gasteiger charge is 2.12. The van der Waals surface area contributed by atoms with Crippen LogP contribution in [0.4, 0.5) is 5.69 Å². The van der Waals surface area contributed by atoms with Crippen molar-refractivity contribution >= 4 is 11.6 Å². The van der Waals surface area contributed by atoms with E-state index in [2.05, 4.69) is 17.5 Å². The number of allylic oxidation sites excluding steroid dienone is 2. The third-order valence-electron chi connectivity index (χ3n) is 3.29. The number of rotatable bonds is 3. The number of benzene rings is 1. The molecule has 96 valence electrons. The van der Waals surface area contributed by atoms with Crippen molar-refractivity contribution < 1.29 is 4.79 Å². The van der Waals surface area contributed by atoms with E-state index in [-0.39, 0.29) is 5.91 Å². The minimum Gasteiger partial charge on any atom is -0.399 e. The van der Waals surface area contributed by atoms with E-state index in [0.717, 1.165) is 31.4 Å². The summed E-state index contributed by atoms with van der Waals surface area (Å²) in [5, 5.41) is 2.99. The fraction of sp³-hybridized carbons (Fsp3) is 0.400. The Morgan fingerprint density at radius 2 is 2.22 bits per heavy atom. The van der Waals surface area contributed by atoms with Crippen molar-refractivity contribution in [3.63, 3.8) is 0 Å². The highest BCUT2D eigenvalue weighted by molar-refractivity contribution is 5.95. The Kier molecular flexibility index (Phi) is 4.03. The van der Waals surface area contributed by atoms with Crippen molar-refractivity contribution in [2.45, 2.75) is 26.2 Å². The van der Waals surface area contributed by atoms with Gasteiger partial charge in [0.05, 0.1) is 0 Å². The molecular weight excluding hydrogens is 224 g/mol. The molecule has 1 aromatic rings. The molecule has 0 bridgehead atoms. The maximum Gasteiger partial charge on any atom is 0.251 e. The van der Waals surface area contributed by atoms with Crippen LogP contribution in [-0.4, -0.2) is 12.5 Å². The van der Waals surface area contributed by atoms with Crippen LogP contribution in [0.25, 0.3) is 0 Å².